The van der Waals surface area contributed by atoms with Crippen molar-refractivity contribution >= 4 is 11.6 Å². The Hall–Kier alpha value is -1.46. The molecule has 0 aliphatic rings. The van der Waals surface area contributed by atoms with E-state index in [1.165, 1.54) is 12.4 Å². The van der Waals surface area contributed by atoms with E-state index >= 15 is 0 Å². The highest BCUT2D eigenvalue weighted by molar-refractivity contribution is 5.43. The molecule has 1 rings (SSSR count). The molecule has 0 atom stereocenters. The van der Waals surface area contributed by atoms with Gasteiger partial charge in [0.1, 0.15) is 18.0 Å². The van der Waals surface area contributed by atoms with Crippen LogP contribution in [-0.2, 0) is 0 Å². The van der Waals surface area contributed by atoms with E-state index in [1.54, 1.807) is 0 Å². The molecule has 0 aromatic carbocycles. The highest BCUT2D eigenvalue weighted by Gasteiger charge is 2.19. The average molecular weight is 202 g/mol. The summed E-state index contributed by atoms with van der Waals surface area (Å²) >= 11 is 0. The van der Waals surface area contributed by atoms with Gasteiger partial charge < -0.3 is 11.1 Å². The van der Waals surface area contributed by atoms with Gasteiger partial charge in [-0.2, -0.15) is 0 Å². The van der Waals surface area contributed by atoms with Crippen LogP contribution in [0.2, 0.25) is 0 Å². The van der Waals surface area contributed by atoms with Crippen LogP contribution in [0.3, 0.4) is 0 Å². The summed E-state index contributed by atoms with van der Waals surface area (Å²) in [6.07, 6.45) is 1.04. The van der Waals surface area contributed by atoms with E-state index in [0.29, 0.717) is 11.6 Å². The van der Waals surface area contributed by atoms with E-state index < -0.39 is 5.92 Å². The van der Waals surface area contributed by atoms with Crippen molar-refractivity contribution in [3.8, 4) is 0 Å². The standard InChI is InChI=1S/C8H12F2N4/c1-8(9,10)2-3-12-7-4-6(11)13-5-14-7/h4-5H,2-3H2,1H3,(H3,11,12,13,14). The molecule has 0 saturated carbocycles. The fourth-order valence-electron chi connectivity index (χ4n) is 0.879. The molecule has 0 aliphatic carbocycles. The zero-order valence-corrected chi connectivity index (χ0v) is 7.80. The van der Waals surface area contributed by atoms with E-state index in [2.05, 4.69) is 15.3 Å². The summed E-state index contributed by atoms with van der Waals surface area (Å²) in [7, 11) is 0. The van der Waals surface area contributed by atoms with E-state index in [4.69, 9.17) is 5.73 Å². The van der Waals surface area contributed by atoms with Crippen LogP contribution in [0, 0.1) is 0 Å². The summed E-state index contributed by atoms with van der Waals surface area (Å²) in [6, 6.07) is 1.49. The van der Waals surface area contributed by atoms with E-state index in [9.17, 15) is 8.78 Å². The van der Waals surface area contributed by atoms with Gasteiger partial charge in [0.25, 0.3) is 0 Å². The molecule has 1 heterocycles. The van der Waals surface area contributed by atoms with Crippen molar-refractivity contribution in [1.29, 1.82) is 0 Å². The molecule has 4 nitrogen and oxygen atoms in total. The number of alkyl halides is 2. The van der Waals surface area contributed by atoms with Gasteiger partial charge in [0.05, 0.1) is 0 Å². The molecule has 0 amide bonds. The number of nitrogens with two attached hydrogens (primary N) is 1. The lowest BCUT2D eigenvalue weighted by Crippen LogP contribution is -2.16. The van der Waals surface area contributed by atoms with Crippen molar-refractivity contribution in [2.75, 3.05) is 17.6 Å². The van der Waals surface area contributed by atoms with Crippen molar-refractivity contribution in [2.45, 2.75) is 19.3 Å². The highest BCUT2D eigenvalue weighted by atomic mass is 19.3. The number of anilines is 2. The summed E-state index contributed by atoms with van der Waals surface area (Å²) in [4.78, 5) is 7.49. The second kappa shape index (κ2) is 4.17. The number of hydrogen-bond acceptors (Lipinski definition) is 4. The zero-order valence-electron chi connectivity index (χ0n) is 7.80. The van der Waals surface area contributed by atoms with Gasteiger partial charge in [0.2, 0.25) is 5.92 Å². The zero-order chi connectivity index (χ0) is 10.6. The molecule has 14 heavy (non-hydrogen) atoms. The monoisotopic (exact) mass is 202 g/mol. The first-order valence-electron chi connectivity index (χ1n) is 4.16. The van der Waals surface area contributed by atoms with Crippen molar-refractivity contribution in [3.63, 3.8) is 0 Å². The molecule has 1 aromatic heterocycles. The lowest BCUT2D eigenvalue weighted by Gasteiger charge is -2.10. The number of nitrogen functional groups attached to an aromatic ring is 1. The second-order valence-corrected chi connectivity index (χ2v) is 3.08. The SMILES string of the molecule is CC(F)(F)CCNc1cc(N)ncn1. The lowest BCUT2D eigenvalue weighted by molar-refractivity contribution is 0.0167. The number of hydrogen-bond donors (Lipinski definition) is 2. The summed E-state index contributed by atoms with van der Waals surface area (Å²) in [5.74, 6) is -1.89. The first kappa shape index (κ1) is 10.6. The third-order valence-corrected chi connectivity index (χ3v) is 1.56. The smallest absolute Gasteiger partial charge is 0.247 e. The van der Waals surface area contributed by atoms with Crippen LogP contribution in [0.25, 0.3) is 0 Å². The fourth-order valence-corrected chi connectivity index (χ4v) is 0.879. The second-order valence-electron chi connectivity index (χ2n) is 3.08. The van der Waals surface area contributed by atoms with Gasteiger partial charge in [-0.1, -0.05) is 0 Å². The Morgan fingerprint density at radius 3 is 2.79 bits per heavy atom. The summed E-state index contributed by atoms with van der Waals surface area (Å²) in [6.45, 7) is 1.03. The van der Waals surface area contributed by atoms with Gasteiger partial charge in [-0.25, -0.2) is 18.7 Å². The fraction of sp³-hybridized carbons (Fsp3) is 0.500. The Morgan fingerprint density at radius 2 is 2.21 bits per heavy atom. The number of nitrogens with zero attached hydrogens (tertiary/aromatic N) is 2. The Labute approximate surface area is 80.6 Å². The first-order valence-corrected chi connectivity index (χ1v) is 4.16. The van der Waals surface area contributed by atoms with Crippen LogP contribution < -0.4 is 11.1 Å². The van der Waals surface area contributed by atoms with Gasteiger partial charge >= 0.3 is 0 Å². The largest absolute Gasteiger partial charge is 0.384 e. The summed E-state index contributed by atoms with van der Waals surface area (Å²) in [5, 5.41) is 2.73. The van der Waals surface area contributed by atoms with E-state index in [1.807, 2.05) is 0 Å². The molecule has 0 aliphatic heterocycles. The predicted octanol–water partition coefficient (Wildman–Crippen LogP) is 1.52. The molecule has 1 aromatic rings. The number of halogens is 2. The predicted molar refractivity (Wildman–Crippen MR) is 50.2 cm³/mol. The molecule has 0 fully saturated rings. The summed E-state index contributed by atoms with van der Waals surface area (Å²) < 4.78 is 24.8. The third-order valence-electron chi connectivity index (χ3n) is 1.56. The minimum absolute atomic E-state index is 0.153. The van der Waals surface area contributed by atoms with Gasteiger partial charge in [-0.3, -0.25) is 0 Å². The molecule has 0 unspecified atom stereocenters. The van der Waals surface area contributed by atoms with Crippen molar-refractivity contribution in [3.05, 3.63) is 12.4 Å². The van der Waals surface area contributed by atoms with E-state index in [0.717, 1.165) is 6.92 Å². The Morgan fingerprint density at radius 1 is 1.50 bits per heavy atom. The molecule has 0 spiro atoms. The maximum Gasteiger partial charge on any atom is 0.247 e. The van der Waals surface area contributed by atoms with Crippen molar-refractivity contribution < 1.29 is 8.78 Å². The average Bonchev–Trinajstić information content (AvgIpc) is 2.01. The third kappa shape index (κ3) is 3.97. The van der Waals surface area contributed by atoms with Crippen LogP contribution in [0.15, 0.2) is 12.4 Å². The van der Waals surface area contributed by atoms with Crippen LogP contribution >= 0.6 is 0 Å². The minimum atomic E-state index is -2.66. The van der Waals surface area contributed by atoms with Gasteiger partial charge in [-0.15, -0.1) is 0 Å². The number of nitrogens with one attached hydrogen (secondary N) is 1. The molecule has 6 heteroatoms. The Balaban J connectivity index is 2.39. The van der Waals surface area contributed by atoms with Gasteiger partial charge in [0.15, 0.2) is 0 Å². The van der Waals surface area contributed by atoms with Crippen LogP contribution in [0.5, 0.6) is 0 Å². The lowest BCUT2D eigenvalue weighted by atomic mass is 10.3. The number of rotatable bonds is 4. The maximum atomic E-state index is 12.4. The Bertz CT molecular complexity index is 298. The minimum Gasteiger partial charge on any atom is -0.384 e. The Kier molecular flexibility index (Phi) is 3.16. The van der Waals surface area contributed by atoms with Crippen LogP contribution in [0.1, 0.15) is 13.3 Å². The van der Waals surface area contributed by atoms with Crippen LogP contribution in [-0.4, -0.2) is 22.4 Å². The molecule has 78 valence electrons. The molecule has 0 radical (unpaired) electrons. The van der Waals surface area contributed by atoms with Crippen LogP contribution in [0.4, 0.5) is 20.4 Å². The maximum absolute atomic E-state index is 12.4. The molecule has 0 saturated heterocycles. The molecule has 0 bridgehead atoms. The van der Waals surface area contributed by atoms with Crippen molar-refractivity contribution in [2.24, 2.45) is 0 Å². The quantitative estimate of drug-likeness (QED) is 0.776. The van der Waals surface area contributed by atoms with Crippen molar-refractivity contribution in [1.82, 2.24) is 9.97 Å². The summed E-state index contributed by atoms with van der Waals surface area (Å²) in [5.41, 5.74) is 5.38. The topological polar surface area (TPSA) is 63.8 Å². The van der Waals surface area contributed by atoms with E-state index in [-0.39, 0.29) is 13.0 Å². The number of aromatic nitrogens is 2. The first-order chi connectivity index (χ1) is 6.47. The molecule has 3 N–H and O–H groups in total. The highest BCUT2D eigenvalue weighted by Crippen LogP contribution is 2.16. The molecular weight excluding hydrogens is 190 g/mol. The normalized spacial score (nSPS) is 11.4. The van der Waals surface area contributed by atoms with Gasteiger partial charge in [-0.05, 0) is 6.92 Å². The molecular formula is C8H12F2N4. The van der Waals surface area contributed by atoms with Gasteiger partial charge in [0, 0.05) is 19.0 Å².